The van der Waals surface area contributed by atoms with E-state index >= 15 is 0 Å². The van der Waals surface area contributed by atoms with Crippen molar-refractivity contribution in [1.82, 2.24) is 14.7 Å². The number of sulfonamides is 1. The Balaban J connectivity index is 2.15. The van der Waals surface area contributed by atoms with Crippen molar-refractivity contribution in [3.8, 4) is 5.75 Å². The molecule has 9 heteroatoms. The highest BCUT2D eigenvalue weighted by atomic mass is 32.2. The fraction of sp³-hybridized carbons (Fsp3) is 0.286. The lowest BCUT2D eigenvalue weighted by atomic mass is 10.2. The van der Waals surface area contributed by atoms with Crippen LogP contribution in [-0.4, -0.2) is 37.0 Å². The smallest absolute Gasteiger partial charge is 0.241 e. The number of carboxylic acids is 1. The van der Waals surface area contributed by atoms with E-state index in [1.54, 1.807) is 0 Å². The summed E-state index contributed by atoms with van der Waals surface area (Å²) in [6.07, 6.45) is 2.70. The van der Waals surface area contributed by atoms with Crippen LogP contribution in [0.3, 0.4) is 0 Å². The lowest BCUT2D eigenvalue weighted by Gasteiger charge is -2.19. The van der Waals surface area contributed by atoms with Gasteiger partial charge in [-0.15, -0.1) is 0 Å². The SMILES string of the molecule is CCOc1ccc(S(=O)(=O)N[C@H](Cc2cnc[nH]2)C(=O)[O-])cc1. The zero-order chi connectivity index (χ0) is 16.9. The van der Waals surface area contributed by atoms with E-state index in [9.17, 15) is 18.3 Å². The van der Waals surface area contributed by atoms with Gasteiger partial charge in [0.15, 0.2) is 0 Å². The van der Waals surface area contributed by atoms with Gasteiger partial charge in [-0.1, -0.05) is 0 Å². The normalized spacial score (nSPS) is 12.7. The first-order valence-electron chi connectivity index (χ1n) is 6.85. The number of rotatable bonds is 8. The first-order valence-corrected chi connectivity index (χ1v) is 8.34. The zero-order valence-corrected chi connectivity index (χ0v) is 13.2. The fourth-order valence-corrected chi connectivity index (χ4v) is 3.11. The van der Waals surface area contributed by atoms with Crippen LogP contribution in [0.25, 0.3) is 0 Å². The Bertz CT molecular complexity index is 741. The van der Waals surface area contributed by atoms with E-state index in [1.165, 1.54) is 36.8 Å². The predicted molar refractivity (Wildman–Crippen MR) is 79.0 cm³/mol. The van der Waals surface area contributed by atoms with Crippen LogP contribution in [0, 0.1) is 0 Å². The van der Waals surface area contributed by atoms with Crippen LogP contribution in [0.15, 0.2) is 41.7 Å². The van der Waals surface area contributed by atoms with E-state index in [0.29, 0.717) is 18.1 Å². The maximum absolute atomic E-state index is 12.3. The number of nitrogens with zero attached hydrogens (tertiary/aromatic N) is 1. The number of aromatic nitrogens is 2. The van der Waals surface area contributed by atoms with Crippen molar-refractivity contribution in [3.63, 3.8) is 0 Å². The van der Waals surface area contributed by atoms with Crippen molar-refractivity contribution < 1.29 is 23.1 Å². The first-order chi connectivity index (χ1) is 10.9. The van der Waals surface area contributed by atoms with E-state index in [-0.39, 0.29) is 11.3 Å². The van der Waals surface area contributed by atoms with Crippen molar-refractivity contribution in [2.24, 2.45) is 0 Å². The number of benzene rings is 1. The number of carboxylic acid groups (broad SMARTS) is 1. The minimum Gasteiger partial charge on any atom is -0.548 e. The number of H-pyrrole nitrogens is 1. The molecule has 1 heterocycles. The summed E-state index contributed by atoms with van der Waals surface area (Å²) in [5.74, 6) is -0.991. The third kappa shape index (κ3) is 4.54. The first kappa shape index (κ1) is 17.0. The number of carbonyl (C=O) groups excluding carboxylic acids is 1. The molecule has 2 rings (SSSR count). The molecule has 1 atom stereocenters. The fourth-order valence-electron chi connectivity index (χ4n) is 1.93. The molecule has 1 aromatic heterocycles. The lowest BCUT2D eigenvalue weighted by molar-refractivity contribution is -0.307. The molecule has 0 unspecified atom stereocenters. The molecule has 0 saturated heterocycles. The molecule has 0 aliphatic carbocycles. The van der Waals surface area contributed by atoms with Crippen molar-refractivity contribution in [1.29, 1.82) is 0 Å². The van der Waals surface area contributed by atoms with E-state index < -0.39 is 22.0 Å². The molecule has 0 saturated carbocycles. The van der Waals surface area contributed by atoms with Crippen molar-refractivity contribution in [3.05, 3.63) is 42.5 Å². The Morgan fingerprint density at radius 3 is 2.61 bits per heavy atom. The molecular formula is C14H16N3O5S-. The van der Waals surface area contributed by atoms with E-state index in [0.717, 1.165) is 0 Å². The number of aromatic amines is 1. The highest BCUT2D eigenvalue weighted by Gasteiger charge is 2.21. The average molecular weight is 338 g/mol. The average Bonchev–Trinajstić information content (AvgIpc) is 3.00. The largest absolute Gasteiger partial charge is 0.548 e. The van der Waals surface area contributed by atoms with Gasteiger partial charge in [-0.05, 0) is 31.2 Å². The molecule has 0 amide bonds. The summed E-state index contributed by atoms with van der Waals surface area (Å²) in [5.41, 5.74) is 0.480. The van der Waals surface area contributed by atoms with Gasteiger partial charge in [0.05, 0.1) is 29.8 Å². The second-order valence-electron chi connectivity index (χ2n) is 4.68. The summed E-state index contributed by atoms with van der Waals surface area (Å²) in [5, 5.41) is 11.2. The van der Waals surface area contributed by atoms with Crippen LogP contribution < -0.4 is 14.6 Å². The molecule has 2 N–H and O–H groups in total. The molecule has 0 bridgehead atoms. The topological polar surface area (TPSA) is 124 Å². The number of carbonyl (C=O) groups is 1. The summed E-state index contributed by atoms with van der Waals surface area (Å²) < 4.78 is 31.9. The lowest BCUT2D eigenvalue weighted by Crippen LogP contribution is -2.49. The van der Waals surface area contributed by atoms with Gasteiger partial charge in [0.2, 0.25) is 10.0 Å². The van der Waals surface area contributed by atoms with Gasteiger partial charge >= 0.3 is 0 Å². The van der Waals surface area contributed by atoms with Crippen LogP contribution >= 0.6 is 0 Å². The highest BCUT2D eigenvalue weighted by molar-refractivity contribution is 7.89. The summed E-state index contributed by atoms with van der Waals surface area (Å²) in [6.45, 7) is 2.27. The second-order valence-corrected chi connectivity index (χ2v) is 6.39. The minimum absolute atomic E-state index is 0.0585. The number of ether oxygens (including phenoxy) is 1. The van der Waals surface area contributed by atoms with Gasteiger partial charge in [-0.2, -0.15) is 0 Å². The molecule has 124 valence electrons. The number of aliphatic carboxylic acids is 1. The summed E-state index contributed by atoms with van der Waals surface area (Å²) in [4.78, 5) is 17.6. The van der Waals surface area contributed by atoms with E-state index in [2.05, 4.69) is 14.7 Å². The molecule has 8 nitrogen and oxygen atoms in total. The van der Waals surface area contributed by atoms with Gasteiger partial charge in [0.1, 0.15) is 5.75 Å². The summed E-state index contributed by atoms with van der Waals surface area (Å²) in [7, 11) is -4.00. The van der Waals surface area contributed by atoms with E-state index in [1.807, 2.05) is 6.92 Å². The number of nitrogens with one attached hydrogen (secondary N) is 2. The Kier molecular flexibility index (Phi) is 5.35. The van der Waals surface area contributed by atoms with Crippen LogP contribution in [0.5, 0.6) is 5.75 Å². The molecule has 1 aromatic carbocycles. The predicted octanol–water partition coefficient (Wildman–Crippen LogP) is -0.552. The van der Waals surface area contributed by atoms with E-state index in [4.69, 9.17) is 4.74 Å². The van der Waals surface area contributed by atoms with Gasteiger partial charge < -0.3 is 19.6 Å². The molecule has 23 heavy (non-hydrogen) atoms. The summed E-state index contributed by atoms with van der Waals surface area (Å²) in [6, 6.07) is 4.28. The van der Waals surface area contributed by atoms with Crippen LogP contribution in [0.2, 0.25) is 0 Å². The van der Waals surface area contributed by atoms with Gasteiger partial charge in [0.25, 0.3) is 0 Å². The molecule has 2 aromatic rings. The highest BCUT2D eigenvalue weighted by Crippen LogP contribution is 2.16. The van der Waals surface area contributed by atoms with Gasteiger partial charge in [-0.25, -0.2) is 18.1 Å². The Morgan fingerprint density at radius 2 is 2.09 bits per heavy atom. The van der Waals surface area contributed by atoms with Gasteiger partial charge in [0, 0.05) is 18.3 Å². The van der Waals surface area contributed by atoms with Crippen molar-refractivity contribution in [2.75, 3.05) is 6.61 Å². The maximum Gasteiger partial charge on any atom is 0.241 e. The minimum atomic E-state index is -4.00. The molecule has 0 radical (unpaired) electrons. The Hall–Kier alpha value is -2.39. The Labute approximate surface area is 133 Å². The molecule has 0 aliphatic rings. The van der Waals surface area contributed by atoms with Crippen LogP contribution in [-0.2, 0) is 21.2 Å². The summed E-state index contributed by atoms with van der Waals surface area (Å²) >= 11 is 0. The molecular weight excluding hydrogens is 322 g/mol. The quantitative estimate of drug-likeness (QED) is 0.665. The Morgan fingerprint density at radius 1 is 1.39 bits per heavy atom. The number of imidazole rings is 1. The van der Waals surface area contributed by atoms with Gasteiger partial charge in [-0.3, -0.25) is 0 Å². The van der Waals surface area contributed by atoms with Crippen molar-refractivity contribution >= 4 is 16.0 Å². The van der Waals surface area contributed by atoms with Crippen molar-refractivity contribution in [2.45, 2.75) is 24.3 Å². The van der Waals surface area contributed by atoms with Crippen LogP contribution in [0.4, 0.5) is 0 Å². The molecule has 0 spiro atoms. The second kappa shape index (κ2) is 7.25. The van der Waals surface area contributed by atoms with Crippen LogP contribution in [0.1, 0.15) is 12.6 Å². The third-order valence-corrected chi connectivity index (χ3v) is 4.49. The number of hydrogen-bond donors (Lipinski definition) is 2. The maximum atomic E-state index is 12.3. The third-order valence-electron chi connectivity index (χ3n) is 3.01. The number of hydrogen-bond acceptors (Lipinski definition) is 6. The monoisotopic (exact) mass is 338 g/mol. The molecule has 0 fully saturated rings. The standard InChI is InChI=1S/C14H17N3O5S/c1-2-22-11-3-5-12(6-4-11)23(20,21)17-13(14(18)19)7-10-8-15-9-16-10/h3-6,8-9,13,17H,2,7H2,1H3,(H,15,16)(H,18,19)/p-1/t13-/m1/s1. The molecule has 0 aliphatic heterocycles. The zero-order valence-electron chi connectivity index (χ0n) is 12.4.